The number of aromatic amines is 1. The van der Waals surface area contributed by atoms with Crippen LogP contribution in [0.5, 0.6) is 0 Å². The number of rotatable bonds is 5. The molecule has 1 aliphatic carbocycles. The zero-order valence-corrected chi connectivity index (χ0v) is 20.9. The Morgan fingerprint density at radius 2 is 1.75 bits per heavy atom. The monoisotopic (exact) mass is 525 g/mol. The minimum absolute atomic E-state index is 0.265. The van der Waals surface area contributed by atoms with Crippen LogP contribution in [-0.4, -0.2) is 64.8 Å². The van der Waals surface area contributed by atoms with Gasteiger partial charge in [0.2, 0.25) is 10.0 Å². The lowest BCUT2D eigenvalue weighted by Gasteiger charge is -2.37. The number of H-pyrrole nitrogens is 1. The Morgan fingerprint density at radius 3 is 2.47 bits per heavy atom. The largest absolute Gasteiger partial charge is 0.352 e. The Labute approximate surface area is 212 Å². The van der Waals surface area contributed by atoms with Crippen molar-refractivity contribution in [2.24, 2.45) is 0 Å². The van der Waals surface area contributed by atoms with Gasteiger partial charge in [0, 0.05) is 42.9 Å². The van der Waals surface area contributed by atoms with Gasteiger partial charge >= 0.3 is 0 Å². The molecule has 9 nitrogen and oxygen atoms in total. The summed E-state index contributed by atoms with van der Waals surface area (Å²) in [5.41, 5.74) is 2.72. The first kappa shape index (κ1) is 22.9. The molecule has 0 spiro atoms. The minimum Gasteiger partial charge on any atom is -0.352 e. The van der Waals surface area contributed by atoms with E-state index in [4.69, 9.17) is 12.2 Å². The molecule has 2 aromatic heterocycles. The van der Waals surface area contributed by atoms with Crippen molar-refractivity contribution in [3.8, 4) is 0 Å². The topological polar surface area (TPSA) is 106 Å². The van der Waals surface area contributed by atoms with Crippen LogP contribution in [-0.2, 0) is 10.0 Å². The predicted octanol–water partition coefficient (Wildman–Crippen LogP) is 3.67. The van der Waals surface area contributed by atoms with Crippen molar-refractivity contribution in [1.29, 1.82) is 0 Å². The number of halogens is 1. The van der Waals surface area contributed by atoms with Crippen molar-refractivity contribution in [3.63, 3.8) is 0 Å². The van der Waals surface area contributed by atoms with E-state index >= 15 is 0 Å². The molecule has 12 heteroatoms. The van der Waals surface area contributed by atoms with Crippen LogP contribution >= 0.6 is 12.2 Å². The van der Waals surface area contributed by atoms with Gasteiger partial charge < -0.3 is 20.1 Å². The summed E-state index contributed by atoms with van der Waals surface area (Å²) in [5, 5.41) is 5.37. The second-order valence-electron chi connectivity index (χ2n) is 9.06. The highest BCUT2D eigenvalue weighted by molar-refractivity contribution is 7.93. The maximum atomic E-state index is 13.7. The number of anilines is 3. The fourth-order valence-corrected chi connectivity index (χ4v) is 6.18. The molecule has 2 fully saturated rings. The van der Waals surface area contributed by atoms with Crippen LogP contribution in [0.4, 0.5) is 21.6 Å². The molecule has 0 bridgehead atoms. The van der Waals surface area contributed by atoms with E-state index in [1.54, 1.807) is 18.2 Å². The molecule has 2 aliphatic rings. The number of thiocarbonyl (C=S) groups is 1. The normalized spacial score (nSPS) is 16.5. The van der Waals surface area contributed by atoms with Crippen LogP contribution in [0.15, 0.2) is 48.8 Å². The molecule has 0 radical (unpaired) electrons. The van der Waals surface area contributed by atoms with Crippen LogP contribution in [0.25, 0.3) is 21.9 Å². The molecule has 1 saturated carbocycles. The highest BCUT2D eigenvalue weighted by Crippen LogP contribution is 2.32. The van der Waals surface area contributed by atoms with E-state index in [-0.39, 0.29) is 11.1 Å². The van der Waals surface area contributed by atoms with Crippen molar-refractivity contribution in [3.05, 3.63) is 54.6 Å². The van der Waals surface area contributed by atoms with Gasteiger partial charge in [-0.25, -0.2) is 22.8 Å². The molecule has 36 heavy (non-hydrogen) atoms. The third-order valence-corrected chi connectivity index (χ3v) is 8.79. The van der Waals surface area contributed by atoms with Crippen LogP contribution in [0, 0.1) is 5.82 Å². The van der Waals surface area contributed by atoms with E-state index in [9.17, 15) is 12.8 Å². The first-order valence-corrected chi connectivity index (χ1v) is 13.7. The number of hydrogen-bond acceptors (Lipinski definition) is 6. The van der Waals surface area contributed by atoms with Crippen LogP contribution < -0.4 is 14.9 Å². The van der Waals surface area contributed by atoms with Crippen LogP contribution in [0.2, 0.25) is 0 Å². The van der Waals surface area contributed by atoms with Crippen molar-refractivity contribution in [2.75, 3.05) is 41.1 Å². The molecule has 6 rings (SSSR count). The first-order chi connectivity index (χ1) is 17.4. The first-order valence-electron chi connectivity index (χ1n) is 11.7. The predicted molar refractivity (Wildman–Crippen MR) is 143 cm³/mol. The summed E-state index contributed by atoms with van der Waals surface area (Å²) >= 11 is 5.63. The van der Waals surface area contributed by atoms with E-state index in [1.807, 2.05) is 12.1 Å². The summed E-state index contributed by atoms with van der Waals surface area (Å²) in [5.74, 6) is 0.521. The lowest BCUT2D eigenvalue weighted by Crippen LogP contribution is -2.50. The minimum atomic E-state index is -3.28. The van der Waals surface area contributed by atoms with E-state index in [1.165, 1.54) is 18.5 Å². The average molecular weight is 526 g/mol. The summed E-state index contributed by atoms with van der Waals surface area (Å²) in [4.78, 5) is 16.4. The van der Waals surface area contributed by atoms with Gasteiger partial charge in [-0.2, -0.15) is 0 Å². The zero-order chi connectivity index (χ0) is 24.9. The summed E-state index contributed by atoms with van der Waals surface area (Å²) in [6, 6.07) is 11.8. The fraction of sp³-hybridized carbons (Fsp3) is 0.292. The molecule has 3 N–H and O–H groups in total. The van der Waals surface area contributed by atoms with Gasteiger partial charge in [-0.3, -0.25) is 4.72 Å². The SMILES string of the molecule is O=S(=O)(Nc1ccc(NC(=S)N2CCN(c3ncnc4[nH]c5cc(F)ccc5c34)CC2)cc1)C1CC1. The quantitative estimate of drug-likeness (QED) is 0.339. The zero-order valence-electron chi connectivity index (χ0n) is 19.2. The Bertz CT molecular complexity index is 1560. The maximum Gasteiger partial charge on any atom is 0.235 e. The van der Waals surface area contributed by atoms with Gasteiger partial charge in [-0.1, -0.05) is 0 Å². The fourth-order valence-electron chi connectivity index (χ4n) is 4.50. The molecule has 0 unspecified atom stereocenters. The smallest absolute Gasteiger partial charge is 0.235 e. The Hall–Kier alpha value is -3.51. The highest BCUT2D eigenvalue weighted by atomic mass is 32.2. The molecule has 1 aliphatic heterocycles. The van der Waals surface area contributed by atoms with Crippen molar-refractivity contribution >= 4 is 66.5 Å². The third-order valence-electron chi connectivity index (χ3n) is 6.56. The second-order valence-corrected chi connectivity index (χ2v) is 11.4. The van der Waals surface area contributed by atoms with Gasteiger partial charge in [-0.15, -0.1) is 0 Å². The standard InChI is InChI=1S/C24H24FN7O2S2/c25-15-1-8-19-20(13-15)29-22-21(19)23(27-14-26-22)31-9-11-32(12-10-31)24(35)28-16-2-4-17(5-3-16)30-36(33,34)18-6-7-18/h1-5,8,13-14,18,30H,6-7,9-12H2,(H,28,35)(H,26,27,29). The van der Waals surface area contributed by atoms with Crippen LogP contribution in [0.1, 0.15) is 12.8 Å². The number of nitrogens with zero attached hydrogens (tertiary/aromatic N) is 4. The summed E-state index contributed by atoms with van der Waals surface area (Å²) in [7, 11) is -3.28. The van der Waals surface area contributed by atoms with E-state index in [0.717, 1.165) is 35.1 Å². The molecule has 2 aromatic carbocycles. The lowest BCUT2D eigenvalue weighted by atomic mass is 10.2. The van der Waals surface area contributed by atoms with E-state index in [2.05, 4.69) is 34.8 Å². The van der Waals surface area contributed by atoms with Crippen molar-refractivity contribution < 1.29 is 12.8 Å². The Kier molecular flexibility index (Phi) is 5.64. The lowest BCUT2D eigenvalue weighted by molar-refractivity contribution is 0.390. The molecule has 4 aromatic rings. The number of aromatic nitrogens is 3. The molecular formula is C24H24FN7O2S2. The Balaban J connectivity index is 1.11. The summed E-state index contributed by atoms with van der Waals surface area (Å²) < 4.78 is 40.6. The van der Waals surface area contributed by atoms with Gasteiger partial charge in [-0.05, 0) is 67.5 Å². The van der Waals surface area contributed by atoms with Crippen LogP contribution in [0.3, 0.4) is 0 Å². The maximum absolute atomic E-state index is 13.7. The molecule has 0 atom stereocenters. The van der Waals surface area contributed by atoms with Gasteiger partial charge in [0.15, 0.2) is 5.11 Å². The van der Waals surface area contributed by atoms with E-state index in [0.29, 0.717) is 48.1 Å². The molecule has 1 saturated heterocycles. The number of piperazine rings is 1. The summed E-state index contributed by atoms with van der Waals surface area (Å²) in [6.07, 6.45) is 2.97. The van der Waals surface area contributed by atoms with Gasteiger partial charge in [0.05, 0.1) is 16.2 Å². The second kappa shape index (κ2) is 8.86. The van der Waals surface area contributed by atoms with Crippen molar-refractivity contribution in [1.82, 2.24) is 19.9 Å². The summed E-state index contributed by atoms with van der Waals surface area (Å²) in [6.45, 7) is 2.83. The molecular weight excluding hydrogens is 501 g/mol. The average Bonchev–Trinajstić information content (AvgIpc) is 3.67. The van der Waals surface area contributed by atoms with Crippen molar-refractivity contribution in [2.45, 2.75) is 18.1 Å². The number of benzene rings is 2. The molecule has 3 heterocycles. The Morgan fingerprint density at radius 1 is 1.03 bits per heavy atom. The molecule has 0 amide bonds. The van der Waals surface area contributed by atoms with Gasteiger partial charge in [0.1, 0.15) is 23.6 Å². The third kappa shape index (κ3) is 4.42. The number of hydrogen-bond donors (Lipinski definition) is 3. The number of sulfonamides is 1. The number of fused-ring (bicyclic) bond motifs is 3. The van der Waals surface area contributed by atoms with E-state index < -0.39 is 10.0 Å². The molecule has 186 valence electrons. The number of nitrogens with one attached hydrogen (secondary N) is 3. The highest BCUT2D eigenvalue weighted by Gasteiger charge is 2.35. The van der Waals surface area contributed by atoms with Gasteiger partial charge in [0.25, 0.3) is 0 Å².